The molecule has 12 heavy (non-hydrogen) atoms. The normalized spacial score (nSPS) is 14.6. The van der Waals surface area contributed by atoms with Crippen LogP contribution in [0.25, 0.3) is 6.20 Å². The second-order valence-electron chi connectivity index (χ2n) is 2.61. The lowest BCUT2D eigenvalue weighted by atomic mass is 10.2. The molecule has 1 aliphatic rings. The Morgan fingerprint density at radius 3 is 3.08 bits per heavy atom. The van der Waals surface area contributed by atoms with E-state index in [2.05, 4.69) is 4.99 Å². The maximum Gasteiger partial charge on any atom is 0.135 e. The fourth-order valence-electron chi connectivity index (χ4n) is 1.13. The van der Waals surface area contributed by atoms with Gasteiger partial charge in [0.1, 0.15) is 12.4 Å². The maximum atomic E-state index is 9.10. The van der Waals surface area contributed by atoms with Gasteiger partial charge in [0.05, 0.1) is 5.36 Å². The third kappa shape index (κ3) is 1.12. The molecule has 0 atom stereocenters. The summed E-state index contributed by atoms with van der Waals surface area (Å²) in [5, 5.41) is 20.7. The largest absolute Gasteiger partial charge is 0.508 e. The molecule has 1 aromatic rings. The van der Waals surface area contributed by atoms with Crippen molar-refractivity contribution in [1.29, 1.82) is 0 Å². The summed E-state index contributed by atoms with van der Waals surface area (Å²) in [6.45, 7) is 0.219. The van der Waals surface area contributed by atoms with Crippen LogP contribution in [0.3, 0.4) is 0 Å². The van der Waals surface area contributed by atoms with E-state index >= 15 is 0 Å². The Kier molecular flexibility index (Phi) is 1.48. The molecule has 0 bridgehead atoms. The number of fused-ring (bicyclic) bond motifs is 1. The summed E-state index contributed by atoms with van der Waals surface area (Å²) in [7, 11) is 0. The average molecular weight is 164 g/mol. The highest BCUT2D eigenvalue weighted by molar-refractivity contribution is 5.28. The van der Waals surface area contributed by atoms with E-state index in [1.165, 1.54) is 0 Å². The summed E-state index contributed by atoms with van der Waals surface area (Å²) >= 11 is 0. The smallest absolute Gasteiger partial charge is 0.135 e. The molecule has 0 radical (unpaired) electrons. The lowest BCUT2D eigenvalue weighted by molar-refractivity contribution is -0.0199. The summed E-state index contributed by atoms with van der Waals surface area (Å²) in [5.41, 5.74) is 0. The molecule has 0 spiro atoms. The predicted octanol–water partition coefficient (Wildman–Crippen LogP) is -0.588. The lowest BCUT2D eigenvalue weighted by Crippen LogP contribution is -2.34. The van der Waals surface area contributed by atoms with Crippen molar-refractivity contribution in [3.05, 3.63) is 28.8 Å². The fraction of sp³-hybridized carbons (Fsp3) is 0.125. The van der Waals surface area contributed by atoms with Crippen molar-refractivity contribution in [3.8, 4) is 5.75 Å². The van der Waals surface area contributed by atoms with Gasteiger partial charge in [0, 0.05) is 17.5 Å². The molecule has 0 fully saturated rings. The van der Waals surface area contributed by atoms with Crippen molar-refractivity contribution in [3.63, 3.8) is 0 Å². The number of nitrogens with zero attached hydrogens (tertiary/aromatic N) is 2. The predicted molar refractivity (Wildman–Crippen MR) is 41.8 cm³/mol. The summed E-state index contributed by atoms with van der Waals surface area (Å²) < 4.78 is 0. The van der Waals surface area contributed by atoms with Crippen LogP contribution in [0.4, 0.5) is 0 Å². The minimum absolute atomic E-state index is 0.192. The summed E-state index contributed by atoms with van der Waals surface area (Å²) in [6, 6.07) is 4.83. The van der Waals surface area contributed by atoms with Crippen LogP contribution in [-0.2, 0) is 0 Å². The second-order valence-corrected chi connectivity index (χ2v) is 2.61. The van der Waals surface area contributed by atoms with Crippen molar-refractivity contribution in [1.82, 2.24) is 5.06 Å². The zero-order chi connectivity index (χ0) is 8.55. The molecule has 0 unspecified atom stereocenters. The van der Waals surface area contributed by atoms with Gasteiger partial charge in [-0.15, -0.1) is 0 Å². The third-order valence-electron chi connectivity index (χ3n) is 1.69. The van der Waals surface area contributed by atoms with E-state index in [0.29, 0.717) is 5.36 Å². The van der Waals surface area contributed by atoms with Crippen LogP contribution in [0.2, 0.25) is 0 Å². The van der Waals surface area contributed by atoms with Crippen LogP contribution >= 0.6 is 0 Å². The number of phenolic OH excluding ortho intramolecular Hbond substituents is 1. The summed E-state index contributed by atoms with van der Waals surface area (Å²) in [4.78, 5) is 4.02. The molecule has 0 saturated heterocycles. The Morgan fingerprint density at radius 2 is 2.25 bits per heavy atom. The van der Waals surface area contributed by atoms with Gasteiger partial charge >= 0.3 is 0 Å². The molecule has 4 heteroatoms. The van der Waals surface area contributed by atoms with Gasteiger partial charge in [-0.25, -0.2) is 5.06 Å². The highest BCUT2D eigenvalue weighted by atomic mass is 16.5. The Bertz CT molecular complexity index is 414. The number of rotatable bonds is 0. The van der Waals surface area contributed by atoms with Gasteiger partial charge in [-0.05, 0) is 12.1 Å². The van der Waals surface area contributed by atoms with Gasteiger partial charge in [-0.3, -0.25) is 10.2 Å². The van der Waals surface area contributed by atoms with Crippen LogP contribution in [0.1, 0.15) is 0 Å². The van der Waals surface area contributed by atoms with Crippen LogP contribution in [0.5, 0.6) is 5.75 Å². The number of phenols is 1. The molecular weight excluding hydrogens is 156 g/mol. The summed E-state index contributed by atoms with van der Waals surface area (Å²) in [6.07, 6.45) is 1.57. The van der Waals surface area contributed by atoms with Gasteiger partial charge in [-0.2, -0.15) is 0 Å². The molecule has 2 rings (SSSR count). The minimum atomic E-state index is 0.192. The van der Waals surface area contributed by atoms with Gasteiger partial charge in [0.15, 0.2) is 0 Å². The van der Waals surface area contributed by atoms with Crippen molar-refractivity contribution in [2.24, 2.45) is 4.99 Å². The van der Waals surface area contributed by atoms with E-state index in [4.69, 9.17) is 10.3 Å². The fourth-order valence-corrected chi connectivity index (χ4v) is 1.13. The first-order valence-electron chi connectivity index (χ1n) is 3.56. The molecular formula is C8H8N2O2. The highest BCUT2D eigenvalue weighted by Gasteiger charge is 1.99. The quantitative estimate of drug-likeness (QED) is 0.539. The van der Waals surface area contributed by atoms with Crippen LogP contribution in [0.15, 0.2) is 23.2 Å². The van der Waals surface area contributed by atoms with E-state index < -0.39 is 0 Å². The minimum Gasteiger partial charge on any atom is -0.508 e. The first kappa shape index (κ1) is 7.12. The van der Waals surface area contributed by atoms with Gasteiger partial charge in [0.2, 0.25) is 0 Å². The number of hydrogen-bond acceptors (Lipinski definition) is 4. The van der Waals surface area contributed by atoms with E-state index in [0.717, 1.165) is 10.3 Å². The lowest BCUT2D eigenvalue weighted by Gasteiger charge is -2.11. The molecule has 0 amide bonds. The number of hydrogen-bond donors (Lipinski definition) is 2. The van der Waals surface area contributed by atoms with Crippen LogP contribution in [-0.4, -0.2) is 22.0 Å². The standard InChI is InChI=1S/C8H8N2O2/c11-7-2-1-6-4-10(12)5-9-8(6)3-7/h1-4,11-12H,5H2. The first-order valence-corrected chi connectivity index (χ1v) is 3.56. The SMILES string of the molecule is Oc1ccc2c(c1)=NCN(O)C=2. The van der Waals surface area contributed by atoms with Crippen molar-refractivity contribution in [2.75, 3.05) is 6.67 Å². The van der Waals surface area contributed by atoms with Crippen LogP contribution in [0, 0.1) is 0 Å². The molecule has 1 aromatic carbocycles. The number of hydroxylamine groups is 2. The zero-order valence-electron chi connectivity index (χ0n) is 6.31. The van der Waals surface area contributed by atoms with Gasteiger partial charge in [0.25, 0.3) is 0 Å². The zero-order valence-corrected chi connectivity index (χ0v) is 6.31. The average Bonchev–Trinajstić information content (AvgIpc) is 2.05. The molecule has 2 N–H and O–H groups in total. The topological polar surface area (TPSA) is 56.1 Å². The third-order valence-corrected chi connectivity index (χ3v) is 1.69. The maximum absolute atomic E-state index is 9.10. The molecule has 0 saturated carbocycles. The Labute approximate surface area is 68.7 Å². The monoisotopic (exact) mass is 164 g/mol. The molecule has 1 heterocycles. The van der Waals surface area contributed by atoms with Crippen LogP contribution < -0.4 is 10.6 Å². The highest BCUT2D eigenvalue weighted by Crippen LogP contribution is 1.99. The van der Waals surface area contributed by atoms with Crippen molar-refractivity contribution >= 4 is 6.20 Å². The number of aromatic hydroxyl groups is 1. The molecule has 4 nitrogen and oxygen atoms in total. The van der Waals surface area contributed by atoms with Gasteiger partial charge in [-0.1, -0.05) is 0 Å². The number of benzene rings is 1. The van der Waals surface area contributed by atoms with E-state index in [9.17, 15) is 0 Å². The van der Waals surface area contributed by atoms with Gasteiger partial charge < -0.3 is 5.11 Å². The molecule has 62 valence electrons. The van der Waals surface area contributed by atoms with E-state index in [1.54, 1.807) is 24.4 Å². The summed E-state index contributed by atoms with van der Waals surface area (Å²) in [5.74, 6) is 0.192. The second kappa shape index (κ2) is 2.49. The Hall–Kier alpha value is -1.55. The Morgan fingerprint density at radius 1 is 1.42 bits per heavy atom. The van der Waals surface area contributed by atoms with E-state index in [1.807, 2.05) is 0 Å². The molecule has 0 aromatic heterocycles. The molecule has 1 aliphatic heterocycles. The van der Waals surface area contributed by atoms with Crippen molar-refractivity contribution in [2.45, 2.75) is 0 Å². The Balaban J connectivity index is 2.71. The first-order chi connectivity index (χ1) is 5.75. The van der Waals surface area contributed by atoms with E-state index in [-0.39, 0.29) is 12.4 Å². The van der Waals surface area contributed by atoms with Crippen molar-refractivity contribution < 1.29 is 10.3 Å². The molecule has 0 aliphatic carbocycles.